The third-order valence-corrected chi connectivity index (χ3v) is 4.49. The zero-order chi connectivity index (χ0) is 13.3. The van der Waals surface area contributed by atoms with Crippen molar-refractivity contribution in [1.29, 1.82) is 0 Å². The molecule has 1 aromatic carbocycles. The molecule has 1 saturated heterocycles. The Morgan fingerprint density at radius 3 is 2.68 bits per heavy atom. The van der Waals surface area contributed by atoms with Gasteiger partial charge in [-0.15, -0.1) is 0 Å². The SMILES string of the molecule is O=C(NCC1(CC2CC2)CNC1)c1ccccc1Cl. The van der Waals surface area contributed by atoms with Crippen LogP contribution in [0.25, 0.3) is 0 Å². The van der Waals surface area contributed by atoms with E-state index in [4.69, 9.17) is 11.6 Å². The average molecular weight is 279 g/mol. The molecular formula is C15H19ClN2O. The predicted octanol–water partition coefficient (Wildman–Crippen LogP) is 2.46. The Balaban J connectivity index is 1.59. The topological polar surface area (TPSA) is 41.1 Å². The number of hydrogen-bond acceptors (Lipinski definition) is 2. The molecule has 0 bridgehead atoms. The zero-order valence-corrected chi connectivity index (χ0v) is 11.7. The normalized spacial score (nSPS) is 20.7. The van der Waals surface area contributed by atoms with Crippen LogP contribution in [0, 0.1) is 11.3 Å². The summed E-state index contributed by atoms with van der Waals surface area (Å²) in [4.78, 5) is 12.1. The molecule has 2 fully saturated rings. The molecule has 1 saturated carbocycles. The minimum Gasteiger partial charge on any atom is -0.351 e. The van der Waals surface area contributed by atoms with Crippen molar-refractivity contribution < 1.29 is 4.79 Å². The molecule has 3 nitrogen and oxygen atoms in total. The first-order valence-corrected chi connectivity index (χ1v) is 7.30. The van der Waals surface area contributed by atoms with Gasteiger partial charge in [0.2, 0.25) is 0 Å². The van der Waals surface area contributed by atoms with Crippen molar-refractivity contribution >= 4 is 17.5 Å². The van der Waals surface area contributed by atoms with E-state index in [1.54, 1.807) is 12.1 Å². The summed E-state index contributed by atoms with van der Waals surface area (Å²) in [5.41, 5.74) is 0.843. The summed E-state index contributed by atoms with van der Waals surface area (Å²) in [7, 11) is 0. The molecule has 1 aliphatic heterocycles. The van der Waals surface area contributed by atoms with E-state index in [1.807, 2.05) is 12.1 Å². The largest absolute Gasteiger partial charge is 0.351 e. The van der Waals surface area contributed by atoms with Crippen molar-refractivity contribution in [3.05, 3.63) is 34.9 Å². The van der Waals surface area contributed by atoms with Crippen LogP contribution in [0.4, 0.5) is 0 Å². The Kier molecular flexibility index (Phi) is 3.50. The molecular weight excluding hydrogens is 260 g/mol. The average Bonchev–Trinajstić information content (AvgIpc) is 3.16. The van der Waals surface area contributed by atoms with Gasteiger partial charge < -0.3 is 10.6 Å². The highest BCUT2D eigenvalue weighted by Gasteiger charge is 2.41. The number of carbonyl (C=O) groups excluding carboxylic acids is 1. The summed E-state index contributed by atoms with van der Waals surface area (Å²) in [5.74, 6) is 0.826. The molecule has 4 heteroatoms. The number of halogens is 1. The van der Waals surface area contributed by atoms with Gasteiger partial charge in [0.1, 0.15) is 0 Å². The van der Waals surface area contributed by atoms with Gasteiger partial charge in [0, 0.05) is 25.0 Å². The third-order valence-electron chi connectivity index (χ3n) is 4.16. The fourth-order valence-electron chi connectivity index (χ4n) is 2.76. The second-order valence-electron chi connectivity index (χ2n) is 5.91. The van der Waals surface area contributed by atoms with Gasteiger partial charge in [0.15, 0.2) is 0 Å². The van der Waals surface area contributed by atoms with Crippen LogP contribution in [0.5, 0.6) is 0 Å². The Hall–Kier alpha value is -1.06. The van der Waals surface area contributed by atoms with Crippen molar-refractivity contribution in [2.75, 3.05) is 19.6 Å². The predicted molar refractivity (Wildman–Crippen MR) is 76.4 cm³/mol. The molecule has 1 heterocycles. The highest BCUT2D eigenvalue weighted by Crippen LogP contribution is 2.42. The summed E-state index contributed by atoms with van der Waals surface area (Å²) < 4.78 is 0. The number of benzene rings is 1. The van der Waals surface area contributed by atoms with Crippen molar-refractivity contribution in [2.45, 2.75) is 19.3 Å². The van der Waals surface area contributed by atoms with E-state index in [9.17, 15) is 4.79 Å². The summed E-state index contributed by atoms with van der Waals surface area (Å²) in [6.45, 7) is 2.79. The minimum absolute atomic E-state index is 0.0623. The standard InChI is InChI=1S/C15H19ClN2O/c16-13-4-2-1-3-12(13)14(19)18-10-15(8-17-9-15)7-11-5-6-11/h1-4,11,17H,5-10H2,(H,18,19). The quantitative estimate of drug-likeness (QED) is 0.869. The molecule has 3 rings (SSSR count). The van der Waals surface area contributed by atoms with Crippen LogP contribution in [0.1, 0.15) is 29.6 Å². The monoisotopic (exact) mass is 278 g/mol. The zero-order valence-electron chi connectivity index (χ0n) is 10.9. The molecule has 1 aliphatic carbocycles. The highest BCUT2D eigenvalue weighted by atomic mass is 35.5. The molecule has 0 aromatic heterocycles. The fraction of sp³-hybridized carbons (Fsp3) is 0.533. The van der Waals surface area contributed by atoms with Crippen LogP contribution in [-0.4, -0.2) is 25.5 Å². The van der Waals surface area contributed by atoms with Crippen LogP contribution in [0.3, 0.4) is 0 Å². The van der Waals surface area contributed by atoms with E-state index in [1.165, 1.54) is 19.3 Å². The number of hydrogen-bond donors (Lipinski definition) is 2. The van der Waals surface area contributed by atoms with Gasteiger partial charge in [-0.2, -0.15) is 0 Å². The first kappa shape index (κ1) is 12.9. The third kappa shape index (κ3) is 2.93. The summed E-state index contributed by atoms with van der Waals surface area (Å²) in [6, 6.07) is 7.20. The van der Waals surface area contributed by atoms with Crippen molar-refractivity contribution in [1.82, 2.24) is 10.6 Å². The molecule has 0 radical (unpaired) electrons. The lowest BCUT2D eigenvalue weighted by Gasteiger charge is -2.43. The highest BCUT2D eigenvalue weighted by molar-refractivity contribution is 6.33. The smallest absolute Gasteiger partial charge is 0.252 e. The van der Waals surface area contributed by atoms with Crippen LogP contribution in [0.2, 0.25) is 5.02 Å². The van der Waals surface area contributed by atoms with Crippen LogP contribution in [0.15, 0.2) is 24.3 Å². The molecule has 1 aromatic rings. The Labute approximate surface area is 118 Å². The van der Waals surface area contributed by atoms with Gasteiger partial charge in [0.25, 0.3) is 5.91 Å². The molecule has 0 spiro atoms. The minimum atomic E-state index is -0.0623. The van der Waals surface area contributed by atoms with Crippen LogP contribution in [-0.2, 0) is 0 Å². The van der Waals surface area contributed by atoms with Gasteiger partial charge in [-0.25, -0.2) is 0 Å². The number of nitrogens with one attached hydrogen (secondary N) is 2. The maximum absolute atomic E-state index is 12.1. The lowest BCUT2D eigenvalue weighted by Crippen LogP contribution is -2.59. The number of rotatable bonds is 5. The van der Waals surface area contributed by atoms with E-state index in [0.717, 1.165) is 25.6 Å². The Morgan fingerprint density at radius 1 is 1.37 bits per heavy atom. The molecule has 1 amide bonds. The maximum atomic E-state index is 12.1. The van der Waals surface area contributed by atoms with Crippen molar-refractivity contribution in [2.24, 2.45) is 11.3 Å². The fourth-order valence-corrected chi connectivity index (χ4v) is 2.98. The van der Waals surface area contributed by atoms with Gasteiger partial charge in [-0.3, -0.25) is 4.79 Å². The van der Waals surface area contributed by atoms with Crippen molar-refractivity contribution in [3.63, 3.8) is 0 Å². The Bertz CT molecular complexity index is 481. The summed E-state index contributed by atoms with van der Waals surface area (Å²) in [5, 5.41) is 6.90. The lowest BCUT2D eigenvalue weighted by molar-refractivity contribution is 0.0876. The first-order chi connectivity index (χ1) is 9.19. The van der Waals surface area contributed by atoms with Crippen LogP contribution < -0.4 is 10.6 Å². The first-order valence-electron chi connectivity index (χ1n) is 6.92. The van der Waals surface area contributed by atoms with E-state index in [2.05, 4.69) is 10.6 Å². The second kappa shape index (κ2) is 5.14. The second-order valence-corrected chi connectivity index (χ2v) is 6.32. The van der Waals surface area contributed by atoms with Gasteiger partial charge in [-0.1, -0.05) is 36.6 Å². The van der Waals surface area contributed by atoms with E-state index >= 15 is 0 Å². The maximum Gasteiger partial charge on any atom is 0.252 e. The van der Waals surface area contributed by atoms with Gasteiger partial charge in [-0.05, 0) is 24.5 Å². The van der Waals surface area contributed by atoms with E-state index in [0.29, 0.717) is 10.6 Å². The summed E-state index contributed by atoms with van der Waals surface area (Å²) in [6.07, 6.45) is 3.96. The molecule has 2 N–H and O–H groups in total. The Morgan fingerprint density at radius 2 is 2.11 bits per heavy atom. The van der Waals surface area contributed by atoms with Crippen LogP contribution >= 0.6 is 11.6 Å². The molecule has 102 valence electrons. The molecule has 0 unspecified atom stereocenters. The van der Waals surface area contributed by atoms with E-state index in [-0.39, 0.29) is 11.3 Å². The van der Waals surface area contributed by atoms with Gasteiger partial charge in [0.05, 0.1) is 10.6 Å². The van der Waals surface area contributed by atoms with Gasteiger partial charge >= 0.3 is 0 Å². The number of amides is 1. The lowest BCUT2D eigenvalue weighted by atomic mass is 9.77. The number of carbonyl (C=O) groups is 1. The molecule has 2 aliphatic rings. The van der Waals surface area contributed by atoms with Crippen molar-refractivity contribution in [3.8, 4) is 0 Å². The summed E-state index contributed by atoms with van der Waals surface area (Å²) >= 11 is 6.04. The van der Waals surface area contributed by atoms with E-state index < -0.39 is 0 Å². The molecule has 19 heavy (non-hydrogen) atoms. The molecule has 0 atom stereocenters.